The fourth-order valence-electron chi connectivity index (χ4n) is 3.03. The van der Waals surface area contributed by atoms with Crippen LogP contribution in [-0.4, -0.2) is 86.0 Å². The molecule has 0 saturated carbocycles. The first-order valence-electron chi connectivity index (χ1n) is 7.94. The van der Waals surface area contributed by atoms with Gasteiger partial charge in [0.25, 0.3) is 0 Å². The minimum Gasteiger partial charge on any atom is -0.347 e. The van der Waals surface area contributed by atoms with E-state index in [1.165, 1.54) is 4.68 Å². The van der Waals surface area contributed by atoms with E-state index in [1.807, 2.05) is 0 Å². The molecule has 2 fully saturated rings. The van der Waals surface area contributed by atoms with Gasteiger partial charge in [0.05, 0.1) is 12.6 Å². The zero-order valence-corrected chi connectivity index (χ0v) is 15.0. The van der Waals surface area contributed by atoms with Crippen molar-refractivity contribution in [1.29, 1.82) is 0 Å². The zero-order valence-electron chi connectivity index (χ0n) is 14.2. The standard InChI is InChI=1S/C12H17N7O7S/c1-7-14-15-16-18(7)6-9(20)4-13-11(21)10-3-2-8-5-17(10)12(22)19(8)26-27(23,24)25/h8,10H,2-6H2,1H3,(H,13,21)(H,23,24,25)/t8-,10+/m1/s1. The number of nitrogens with zero attached hydrogens (tertiary/aromatic N) is 6. The number of nitrogens with one attached hydrogen (secondary N) is 1. The lowest BCUT2D eigenvalue weighted by Crippen LogP contribution is -2.50. The van der Waals surface area contributed by atoms with Gasteiger partial charge < -0.3 is 10.2 Å². The van der Waals surface area contributed by atoms with Gasteiger partial charge in [0.1, 0.15) is 18.4 Å². The van der Waals surface area contributed by atoms with E-state index in [1.54, 1.807) is 6.92 Å². The SMILES string of the molecule is Cc1nnnn1CC(=O)CNC(=O)[C@@H]1CC[C@@H]2CN1C(=O)N2OS(=O)(=O)O. The summed E-state index contributed by atoms with van der Waals surface area (Å²) >= 11 is 0. The Kier molecular flexibility index (Phi) is 5.07. The van der Waals surface area contributed by atoms with Crippen LogP contribution in [-0.2, 0) is 30.8 Å². The molecule has 1 aromatic rings. The Hall–Kier alpha value is -2.65. The van der Waals surface area contributed by atoms with Crippen LogP contribution in [0.25, 0.3) is 0 Å². The van der Waals surface area contributed by atoms with Gasteiger partial charge in [-0.2, -0.15) is 13.5 Å². The molecule has 0 unspecified atom stereocenters. The van der Waals surface area contributed by atoms with Crippen molar-refractivity contribution in [2.24, 2.45) is 0 Å². The molecule has 15 heteroatoms. The van der Waals surface area contributed by atoms with Crippen LogP contribution in [0.15, 0.2) is 0 Å². The first-order valence-corrected chi connectivity index (χ1v) is 9.31. The molecule has 1 aromatic heterocycles. The summed E-state index contributed by atoms with van der Waals surface area (Å²) in [5, 5.41) is 13.7. The summed E-state index contributed by atoms with van der Waals surface area (Å²) in [6, 6.07) is -2.30. The van der Waals surface area contributed by atoms with E-state index in [0.29, 0.717) is 17.3 Å². The molecular formula is C12H17N7O7S. The van der Waals surface area contributed by atoms with Crippen LogP contribution in [0.4, 0.5) is 4.79 Å². The highest BCUT2D eigenvalue weighted by Gasteiger charge is 2.49. The number of carbonyl (C=O) groups excluding carboxylic acids is 3. The maximum absolute atomic E-state index is 12.4. The van der Waals surface area contributed by atoms with Crippen LogP contribution < -0.4 is 5.32 Å². The van der Waals surface area contributed by atoms with Gasteiger partial charge in [-0.3, -0.25) is 14.1 Å². The second kappa shape index (κ2) is 7.16. The number of hydroxylamine groups is 2. The molecule has 2 N–H and O–H groups in total. The smallest absolute Gasteiger partial charge is 0.347 e. The van der Waals surface area contributed by atoms with E-state index in [0.717, 1.165) is 4.90 Å². The molecule has 2 aliphatic rings. The molecule has 0 aromatic carbocycles. The minimum atomic E-state index is -4.85. The van der Waals surface area contributed by atoms with Crippen molar-refractivity contribution in [3.05, 3.63) is 5.82 Å². The Balaban J connectivity index is 1.56. The number of aromatic nitrogens is 4. The minimum absolute atomic E-state index is 0.0736. The van der Waals surface area contributed by atoms with Gasteiger partial charge >= 0.3 is 16.4 Å². The lowest BCUT2D eigenvalue weighted by atomic mass is 10.0. The molecule has 2 bridgehead atoms. The summed E-state index contributed by atoms with van der Waals surface area (Å²) in [5.74, 6) is -0.427. The molecule has 3 heterocycles. The molecule has 14 nitrogen and oxygen atoms in total. The maximum atomic E-state index is 12.4. The number of aryl methyl sites for hydroxylation is 1. The molecule has 0 spiro atoms. The zero-order chi connectivity index (χ0) is 19.8. The number of urea groups is 1. The van der Waals surface area contributed by atoms with E-state index < -0.39 is 34.4 Å². The number of hydrogen-bond acceptors (Lipinski definition) is 9. The summed E-state index contributed by atoms with van der Waals surface area (Å²) in [5.41, 5.74) is 0. The third-order valence-corrected chi connectivity index (χ3v) is 4.65. The summed E-state index contributed by atoms with van der Waals surface area (Å²) in [4.78, 5) is 37.7. The Bertz CT molecular complexity index is 869. The normalized spacial score (nSPS) is 22.2. The van der Waals surface area contributed by atoms with Gasteiger partial charge in [-0.05, 0) is 30.2 Å². The number of Topliss-reactive ketones (excluding diaryl/α,β-unsaturated/α-hetero) is 1. The number of piperidine rings is 1. The molecule has 0 aliphatic carbocycles. The van der Waals surface area contributed by atoms with Crippen LogP contribution in [0, 0.1) is 6.92 Å². The summed E-state index contributed by atoms with van der Waals surface area (Å²) < 4.78 is 36.0. The first kappa shape index (κ1) is 19.1. The van der Waals surface area contributed by atoms with Crippen molar-refractivity contribution >= 4 is 28.1 Å². The van der Waals surface area contributed by atoms with Crippen molar-refractivity contribution in [3.8, 4) is 0 Å². The van der Waals surface area contributed by atoms with E-state index in [9.17, 15) is 22.8 Å². The average Bonchev–Trinajstić information content (AvgIpc) is 3.09. The van der Waals surface area contributed by atoms with Crippen LogP contribution in [0.5, 0.6) is 0 Å². The molecule has 148 valence electrons. The number of fused-ring (bicyclic) bond motifs is 2. The Morgan fingerprint density at radius 3 is 2.74 bits per heavy atom. The summed E-state index contributed by atoms with van der Waals surface area (Å²) in [7, 11) is -4.85. The third kappa shape index (κ3) is 4.20. The number of carbonyl (C=O) groups is 3. The van der Waals surface area contributed by atoms with Crippen molar-refractivity contribution in [2.75, 3.05) is 13.1 Å². The highest BCUT2D eigenvalue weighted by molar-refractivity contribution is 7.80. The van der Waals surface area contributed by atoms with E-state index in [2.05, 4.69) is 25.1 Å². The highest BCUT2D eigenvalue weighted by atomic mass is 32.3. The topological polar surface area (TPSA) is 177 Å². The number of tetrazole rings is 1. The summed E-state index contributed by atoms with van der Waals surface area (Å²) in [6.07, 6.45) is 0.557. The predicted octanol–water partition coefficient (Wildman–Crippen LogP) is -2.33. The van der Waals surface area contributed by atoms with E-state index in [4.69, 9.17) is 4.55 Å². The van der Waals surface area contributed by atoms with Crippen molar-refractivity contribution in [2.45, 2.75) is 38.4 Å². The largest absolute Gasteiger partial charge is 0.418 e. The van der Waals surface area contributed by atoms with Crippen LogP contribution in [0.3, 0.4) is 0 Å². The molecular weight excluding hydrogens is 386 g/mol. The van der Waals surface area contributed by atoms with E-state index >= 15 is 0 Å². The molecule has 3 amide bonds. The van der Waals surface area contributed by atoms with Crippen molar-refractivity contribution in [3.63, 3.8) is 0 Å². The Morgan fingerprint density at radius 2 is 2.11 bits per heavy atom. The van der Waals surface area contributed by atoms with Crippen molar-refractivity contribution < 1.29 is 31.6 Å². The molecule has 2 aliphatic heterocycles. The number of hydrogen-bond donors (Lipinski definition) is 2. The van der Waals surface area contributed by atoms with Crippen LogP contribution in [0.2, 0.25) is 0 Å². The number of ketones is 1. The molecule has 3 rings (SSSR count). The lowest BCUT2D eigenvalue weighted by Gasteiger charge is -2.29. The first-order chi connectivity index (χ1) is 12.7. The van der Waals surface area contributed by atoms with Crippen LogP contribution in [0.1, 0.15) is 18.7 Å². The lowest BCUT2D eigenvalue weighted by molar-refractivity contribution is -0.129. The van der Waals surface area contributed by atoms with Gasteiger partial charge in [-0.25, -0.2) is 9.48 Å². The van der Waals surface area contributed by atoms with Gasteiger partial charge in [0, 0.05) is 6.54 Å². The Morgan fingerprint density at radius 1 is 1.37 bits per heavy atom. The summed E-state index contributed by atoms with van der Waals surface area (Å²) in [6.45, 7) is 1.32. The fraction of sp³-hybridized carbons (Fsp3) is 0.667. The quantitative estimate of drug-likeness (QED) is 0.469. The number of rotatable bonds is 7. The monoisotopic (exact) mass is 403 g/mol. The van der Waals surface area contributed by atoms with Crippen LogP contribution >= 0.6 is 0 Å². The second-order valence-corrected chi connectivity index (χ2v) is 7.15. The van der Waals surface area contributed by atoms with Crippen molar-refractivity contribution in [1.82, 2.24) is 35.5 Å². The van der Waals surface area contributed by atoms with Gasteiger partial charge in [-0.1, -0.05) is 0 Å². The Labute approximate surface area is 153 Å². The van der Waals surface area contributed by atoms with Gasteiger partial charge in [-0.15, -0.1) is 9.38 Å². The second-order valence-electron chi connectivity index (χ2n) is 6.15. The maximum Gasteiger partial charge on any atom is 0.418 e. The molecule has 27 heavy (non-hydrogen) atoms. The van der Waals surface area contributed by atoms with Gasteiger partial charge in [0.15, 0.2) is 5.78 Å². The molecule has 2 saturated heterocycles. The highest BCUT2D eigenvalue weighted by Crippen LogP contribution is 2.30. The fourth-order valence-corrected chi connectivity index (χ4v) is 3.41. The van der Waals surface area contributed by atoms with Gasteiger partial charge in [0.2, 0.25) is 5.91 Å². The average molecular weight is 403 g/mol. The molecule has 2 atom stereocenters. The number of amides is 3. The predicted molar refractivity (Wildman–Crippen MR) is 84.0 cm³/mol. The van der Waals surface area contributed by atoms with E-state index in [-0.39, 0.29) is 31.8 Å². The molecule has 0 radical (unpaired) electrons. The third-order valence-electron chi connectivity index (χ3n) is 4.30.